The van der Waals surface area contributed by atoms with Crippen molar-refractivity contribution in [1.82, 2.24) is 14.8 Å². The summed E-state index contributed by atoms with van der Waals surface area (Å²) in [6.45, 7) is 0. The summed E-state index contributed by atoms with van der Waals surface area (Å²) in [6, 6.07) is 12.8. The molecule has 1 N–H and O–H groups in total. The van der Waals surface area contributed by atoms with Crippen molar-refractivity contribution in [3.8, 4) is 17.2 Å². The van der Waals surface area contributed by atoms with Crippen LogP contribution in [0, 0.1) is 0 Å². The molecule has 9 heteroatoms. The summed E-state index contributed by atoms with van der Waals surface area (Å²) in [7, 11) is 3.43. The van der Waals surface area contributed by atoms with E-state index in [2.05, 4.69) is 10.2 Å². The number of para-hydroxylation sites is 1. The van der Waals surface area contributed by atoms with Gasteiger partial charge in [0.25, 0.3) is 11.1 Å². The van der Waals surface area contributed by atoms with E-state index in [9.17, 15) is 9.90 Å². The van der Waals surface area contributed by atoms with Crippen LogP contribution in [0.4, 0.5) is 0 Å². The Morgan fingerprint density at radius 3 is 2.83 bits per heavy atom. The molecule has 0 unspecified atom stereocenters. The van der Waals surface area contributed by atoms with E-state index in [1.165, 1.54) is 7.11 Å². The number of nitrogens with zero attached hydrogens (tertiary/aromatic N) is 3. The Hall–Kier alpha value is -3.23. The van der Waals surface area contributed by atoms with Crippen molar-refractivity contribution in [2.75, 3.05) is 7.11 Å². The summed E-state index contributed by atoms with van der Waals surface area (Å²) < 4.78 is 12.9. The molecule has 0 spiro atoms. The lowest BCUT2D eigenvalue weighted by molar-refractivity contribution is -0.131. The molecule has 4 rings (SSSR count). The van der Waals surface area contributed by atoms with Gasteiger partial charge in [0, 0.05) is 34.7 Å². The van der Waals surface area contributed by atoms with Crippen LogP contribution in [0.15, 0.2) is 63.2 Å². The second kappa shape index (κ2) is 8.25. The molecule has 0 saturated heterocycles. The summed E-state index contributed by atoms with van der Waals surface area (Å²) in [4.78, 5) is 11.9. The van der Waals surface area contributed by atoms with E-state index in [-0.39, 0.29) is 16.0 Å². The molecule has 4 aromatic rings. The molecule has 0 aliphatic heterocycles. The maximum Gasteiger partial charge on any atom is 0.342 e. The van der Waals surface area contributed by atoms with Gasteiger partial charge in [-0.3, -0.25) is 0 Å². The number of carboxylic acids is 1. The highest BCUT2D eigenvalue weighted by Crippen LogP contribution is 2.35. The highest BCUT2D eigenvalue weighted by molar-refractivity contribution is 8.03. The first-order chi connectivity index (χ1) is 14.5. The fraction of sp³-hybridized carbons (Fsp3) is 0.0952. The molecule has 0 aliphatic carbocycles. The summed E-state index contributed by atoms with van der Waals surface area (Å²) in [5.74, 6) is -0.385. The molecule has 30 heavy (non-hydrogen) atoms. The average molecular weight is 442 g/mol. The second-order valence-electron chi connectivity index (χ2n) is 6.35. The van der Waals surface area contributed by atoms with Crippen LogP contribution in [-0.2, 0) is 11.8 Å². The summed E-state index contributed by atoms with van der Waals surface area (Å²) in [5, 5.41) is 19.2. The number of hydrogen-bond acceptors (Lipinski definition) is 6. The number of fused-ring (bicyclic) bond motifs is 1. The van der Waals surface area contributed by atoms with Gasteiger partial charge in [-0.2, -0.15) is 0 Å². The lowest BCUT2D eigenvalue weighted by atomic mass is 10.1. The van der Waals surface area contributed by atoms with Crippen molar-refractivity contribution in [1.29, 1.82) is 0 Å². The van der Waals surface area contributed by atoms with Crippen LogP contribution in [0.3, 0.4) is 0 Å². The minimum atomic E-state index is -1.09. The van der Waals surface area contributed by atoms with Crippen molar-refractivity contribution in [3.63, 3.8) is 0 Å². The maximum absolute atomic E-state index is 11.8. The van der Waals surface area contributed by atoms with Gasteiger partial charge in [0.15, 0.2) is 0 Å². The van der Waals surface area contributed by atoms with Gasteiger partial charge in [-0.05, 0) is 42.1 Å². The normalized spacial score (nSPS) is 11.8. The van der Waals surface area contributed by atoms with Crippen molar-refractivity contribution in [2.24, 2.45) is 7.05 Å². The van der Waals surface area contributed by atoms with Crippen LogP contribution in [0.2, 0.25) is 5.02 Å². The molecule has 0 saturated carbocycles. The van der Waals surface area contributed by atoms with E-state index in [1.807, 2.05) is 42.1 Å². The largest absolute Gasteiger partial charge is 0.496 e. The molecule has 0 atom stereocenters. The fourth-order valence-corrected chi connectivity index (χ4v) is 3.90. The third-order valence-electron chi connectivity index (χ3n) is 4.42. The zero-order chi connectivity index (χ0) is 21.3. The smallest absolute Gasteiger partial charge is 0.342 e. The number of benzene rings is 2. The van der Waals surface area contributed by atoms with Gasteiger partial charge in [0.1, 0.15) is 10.7 Å². The Morgan fingerprint density at radius 1 is 1.27 bits per heavy atom. The number of carbonyl (C=O) groups is 1. The first-order valence-electron chi connectivity index (χ1n) is 8.80. The number of rotatable bonds is 6. The van der Waals surface area contributed by atoms with E-state index >= 15 is 0 Å². The average Bonchev–Trinajstić information content (AvgIpc) is 3.32. The number of ether oxygens (including phenoxy) is 1. The third-order valence-corrected chi connectivity index (χ3v) is 5.51. The van der Waals surface area contributed by atoms with Gasteiger partial charge in [0.05, 0.1) is 12.7 Å². The van der Waals surface area contributed by atoms with Gasteiger partial charge in [-0.1, -0.05) is 29.8 Å². The third kappa shape index (κ3) is 3.92. The van der Waals surface area contributed by atoms with Gasteiger partial charge < -0.3 is 18.8 Å². The minimum absolute atomic E-state index is 0.0552. The van der Waals surface area contributed by atoms with Gasteiger partial charge >= 0.3 is 5.97 Å². The highest BCUT2D eigenvalue weighted by Gasteiger charge is 2.19. The standard InChI is InChI=1S/C21H16ClN3O4S/c1-25-11-12(14-5-3-4-6-16(14)25)9-18(20(26)27)30-21-24-23-19(29-21)15-10-13(22)7-8-17(15)28-2/h3-11H,1-2H3,(H,26,27)/b18-9-. The molecular weight excluding hydrogens is 426 g/mol. The van der Waals surface area contributed by atoms with Crippen molar-refractivity contribution in [3.05, 3.63) is 64.2 Å². The van der Waals surface area contributed by atoms with Crippen LogP contribution in [0.1, 0.15) is 5.56 Å². The second-order valence-corrected chi connectivity index (χ2v) is 7.78. The van der Waals surface area contributed by atoms with E-state index in [0.717, 1.165) is 28.2 Å². The predicted octanol–water partition coefficient (Wildman–Crippen LogP) is 5.11. The molecular formula is C21H16ClN3O4S. The zero-order valence-corrected chi connectivity index (χ0v) is 17.6. The number of aryl methyl sites for hydroxylation is 1. The first-order valence-corrected chi connectivity index (χ1v) is 10.00. The Kier molecular flexibility index (Phi) is 5.52. The number of thioether (sulfide) groups is 1. The van der Waals surface area contributed by atoms with Crippen LogP contribution in [0.5, 0.6) is 5.75 Å². The van der Waals surface area contributed by atoms with E-state index in [1.54, 1.807) is 24.3 Å². The number of carboxylic acid groups (broad SMARTS) is 1. The minimum Gasteiger partial charge on any atom is -0.496 e. The summed E-state index contributed by atoms with van der Waals surface area (Å²) >= 11 is 6.94. The highest BCUT2D eigenvalue weighted by atomic mass is 35.5. The number of halogens is 1. The van der Waals surface area contributed by atoms with Crippen LogP contribution in [-0.4, -0.2) is 33.0 Å². The quantitative estimate of drug-likeness (QED) is 0.328. The van der Waals surface area contributed by atoms with Crippen molar-refractivity contribution < 1.29 is 19.1 Å². The summed E-state index contributed by atoms with van der Waals surface area (Å²) in [6.07, 6.45) is 3.48. The number of aliphatic carboxylic acids is 1. The molecule has 152 valence electrons. The lowest BCUT2D eigenvalue weighted by Crippen LogP contribution is -1.96. The molecule has 0 aliphatic rings. The van der Waals surface area contributed by atoms with E-state index in [0.29, 0.717) is 16.3 Å². The first kappa shape index (κ1) is 20.1. The Morgan fingerprint density at radius 2 is 2.07 bits per heavy atom. The Balaban J connectivity index is 1.68. The number of methoxy groups -OCH3 is 1. The molecule has 0 bridgehead atoms. The van der Waals surface area contributed by atoms with Crippen molar-refractivity contribution >= 4 is 46.3 Å². The summed E-state index contributed by atoms with van der Waals surface area (Å²) in [5.41, 5.74) is 2.32. The fourth-order valence-electron chi connectivity index (χ4n) is 3.07. The van der Waals surface area contributed by atoms with Crippen LogP contribution < -0.4 is 4.74 Å². The van der Waals surface area contributed by atoms with Crippen molar-refractivity contribution in [2.45, 2.75) is 5.22 Å². The predicted molar refractivity (Wildman–Crippen MR) is 116 cm³/mol. The van der Waals surface area contributed by atoms with E-state index in [4.69, 9.17) is 20.8 Å². The lowest BCUT2D eigenvalue weighted by Gasteiger charge is -2.04. The number of hydrogen-bond donors (Lipinski definition) is 1. The van der Waals surface area contributed by atoms with E-state index < -0.39 is 5.97 Å². The Labute approximate surface area is 180 Å². The number of aromatic nitrogens is 3. The molecule has 0 fully saturated rings. The monoisotopic (exact) mass is 441 g/mol. The molecule has 7 nitrogen and oxygen atoms in total. The molecule has 2 aromatic carbocycles. The molecule has 2 heterocycles. The molecule has 0 radical (unpaired) electrons. The van der Waals surface area contributed by atoms with Gasteiger partial charge in [0.2, 0.25) is 0 Å². The topological polar surface area (TPSA) is 90.4 Å². The molecule has 0 amide bonds. The van der Waals surface area contributed by atoms with Gasteiger partial charge in [-0.15, -0.1) is 10.2 Å². The van der Waals surface area contributed by atoms with Crippen LogP contribution in [0.25, 0.3) is 28.4 Å². The zero-order valence-electron chi connectivity index (χ0n) is 16.0. The SMILES string of the molecule is COc1ccc(Cl)cc1-c1nnc(S/C(=C\c2cn(C)c3ccccc23)C(=O)O)o1. The molecule has 2 aromatic heterocycles. The van der Waals surface area contributed by atoms with Crippen LogP contribution >= 0.6 is 23.4 Å². The Bertz CT molecular complexity index is 1280. The maximum atomic E-state index is 11.8. The van der Waals surface area contributed by atoms with Gasteiger partial charge in [-0.25, -0.2) is 4.79 Å².